The van der Waals surface area contributed by atoms with E-state index in [0.29, 0.717) is 13.2 Å². The Labute approximate surface area is 113 Å². The van der Waals surface area contributed by atoms with Gasteiger partial charge in [-0.2, -0.15) is 0 Å². The number of ether oxygens (including phenoxy) is 1. The summed E-state index contributed by atoms with van der Waals surface area (Å²) in [7, 11) is 0. The highest BCUT2D eigenvalue weighted by atomic mass is 16.5. The van der Waals surface area contributed by atoms with E-state index in [1.54, 1.807) is 0 Å². The Morgan fingerprint density at radius 3 is 2.53 bits per heavy atom. The van der Waals surface area contributed by atoms with Gasteiger partial charge in [-0.1, -0.05) is 30.3 Å². The Hall–Kier alpha value is -1.58. The number of hydrogen-bond donors (Lipinski definition) is 2. The van der Waals surface area contributed by atoms with E-state index in [-0.39, 0.29) is 12.1 Å². The van der Waals surface area contributed by atoms with Gasteiger partial charge in [-0.15, -0.1) is 0 Å². The molecule has 0 bridgehead atoms. The van der Waals surface area contributed by atoms with Crippen LogP contribution in [0.5, 0.6) is 0 Å². The molecule has 1 heterocycles. The Balaban J connectivity index is 1.87. The minimum absolute atomic E-state index is 0.142. The van der Waals surface area contributed by atoms with Crippen LogP contribution in [0.1, 0.15) is 12.8 Å². The highest BCUT2D eigenvalue weighted by Gasteiger charge is 2.31. The summed E-state index contributed by atoms with van der Waals surface area (Å²) < 4.78 is 5.38. The van der Waals surface area contributed by atoms with Gasteiger partial charge in [0.25, 0.3) is 0 Å². The maximum Gasteiger partial charge on any atom is 0.0663 e. The van der Waals surface area contributed by atoms with E-state index in [2.05, 4.69) is 35.6 Å². The first kappa shape index (κ1) is 12.5. The van der Waals surface area contributed by atoms with E-state index in [0.717, 1.165) is 18.5 Å². The van der Waals surface area contributed by atoms with Crippen molar-refractivity contribution in [2.24, 2.45) is 0 Å². The van der Waals surface area contributed by atoms with Crippen molar-refractivity contribution in [3.8, 4) is 0 Å². The van der Waals surface area contributed by atoms with E-state index in [1.165, 1.54) is 10.8 Å². The highest BCUT2D eigenvalue weighted by Crippen LogP contribution is 2.27. The van der Waals surface area contributed by atoms with E-state index in [1.807, 2.05) is 12.1 Å². The lowest BCUT2D eigenvalue weighted by Crippen LogP contribution is -2.46. The van der Waals surface area contributed by atoms with Crippen molar-refractivity contribution in [1.29, 1.82) is 0 Å². The second-order valence-corrected chi connectivity index (χ2v) is 5.24. The summed E-state index contributed by atoms with van der Waals surface area (Å²) in [5, 5.41) is 15.7. The smallest absolute Gasteiger partial charge is 0.0663 e. The molecule has 0 unspecified atom stereocenters. The Kier molecular flexibility index (Phi) is 3.40. The predicted octanol–water partition coefficient (Wildman–Crippen LogP) is 2.79. The first-order valence-electron chi connectivity index (χ1n) is 6.77. The van der Waals surface area contributed by atoms with Crippen LogP contribution in [0.4, 0.5) is 5.69 Å². The Bertz CT molecular complexity index is 561. The topological polar surface area (TPSA) is 41.5 Å². The van der Waals surface area contributed by atoms with E-state index in [4.69, 9.17) is 4.74 Å². The molecule has 1 aliphatic rings. The molecule has 2 aromatic carbocycles. The third-order valence-corrected chi connectivity index (χ3v) is 3.91. The van der Waals surface area contributed by atoms with Crippen molar-refractivity contribution < 1.29 is 9.84 Å². The molecule has 100 valence electrons. The molecule has 0 radical (unpaired) electrons. The van der Waals surface area contributed by atoms with Crippen molar-refractivity contribution in [2.75, 3.05) is 25.1 Å². The maximum absolute atomic E-state index is 9.70. The summed E-state index contributed by atoms with van der Waals surface area (Å²) in [6.07, 6.45) is 1.69. The number of hydrogen-bond acceptors (Lipinski definition) is 3. The molecule has 0 atom stereocenters. The number of aliphatic hydroxyl groups excluding tert-OH is 1. The second-order valence-electron chi connectivity index (χ2n) is 5.24. The lowest BCUT2D eigenvalue weighted by Gasteiger charge is -2.37. The van der Waals surface area contributed by atoms with E-state index in [9.17, 15) is 5.11 Å². The molecule has 0 aliphatic carbocycles. The summed E-state index contributed by atoms with van der Waals surface area (Å²) in [6, 6.07) is 14.6. The van der Waals surface area contributed by atoms with Gasteiger partial charge in [-0.3, -0.25) is 0 Å². The van der Waals surface area contributed by atoms with Crippen LogP contribution < -0.4 is 5.32 Å². The van der Waals surface area contributed by atoms with Crippen LogP contribution in [0.3, 0.4) is 0 Å². The van der Waals surface area contributed by atoms with Gasteiger partial charge in [0.1, 0.15) is 0 Å². The standard InChI is InChI=1S/C16H19NO2/c18-12-16(7-9-19-10-8-16)17-15-6-5-13-3-1-2-4-14(13)11-15/h1-6,11,17-18H,7-10,12H2. The average Bonchev–Trinajstić information content (AvgIpc) is 2.48. The minimum Gasteiger partial charge on any atom is -0.394 e. The van der Waals surface area contributed by atoms with Crippen molar-refractivity contribution >= 4 is 16.5 Å². The van der Waals surface area contributed by atoms with Gasteiger partial charge < -0.3 is 15.2 Å². The molecule has 2 aromatic rings. The fourth-order valence-electron chi connectivity index (χ4n) is 2.66. The van der Waals surface area contributed by atoms with Gasteiger partial charge in [-0.25, -0.2) is 0 Å². The van der Waals surface area contributed by atoms with Crippen LogP contribution in [0.2, 0.25) is 0 Å². The molecular formula is C16H19NO2. The molecule has 1 aliphatic heterocycles. The molecule has 3 heteroatoms. The fourth-order valence-corrected chi connectivity index (χ4v) is 2.66. The van der Waals surface area contributed by atoms with Crippen LogP contribution in [0.15, 0.2) is 42.5 Å². The number of fused-ring (bicyclic) bond motifs is 1. The summed E-state index contributed by atoms with van der Waals surface area (Å²) in [5.41, 5.74) is 0.829. The molecule has 0 saturated carbocycles. The van der Waals surface area contributed by atoms with Gasteiger partial charge in [0.15, 0.2) is 0 Å². The van der Waals surface area contributed by atoms with Crippen molar-refractivity contribution in [3.05, 3.63) is 42.5 Å². The zero-order chi connectivity index (χ0) is 13.1. The normalized spacial score (nSPS) is 18.4. The molecule has 19 heavy (non-hydrogen) atoms. The van der Waals surface area contributed by atoms with Gasteiger partial charge in [0, 0.05) is 18.9 Å². The number of aliphatic hydroxyl groups is 1. The van der Waals surface area contributed by atoms with E-state index >= 15 is 0 Å². The van der Waals surface area contributed by atoms with Gasteiger partial charge in [0.05, 0.1) is 12.1 Å². The molecule has 0 amide bonds. The molecular weight excluding hydrogens is 238 g/mol. The second kappa shape index (κ2) is 5.19. The third-order valence-electron chi connectivity index (χ3n) is 3.91. The van der Waals surface area contributed by atoms with Crippen molar-refractivity contribution in [2.45, 2.75) is 18.4 Å². The Morgan fingerprint density at radius 1 is 1.05 bits per heavy atom. The molecule has 2 N–H and O–H groups in total. The van der Waals surface area contributed by atoms with Crippen LogP contribution >= 0.6 is 0 Å². The van der Waals surface area contributed by atoms with E-state index < -0.39 is 0 Å². The van der Waals surface area contributed by atoms with Gasteiger partial charge in [-0.05, 0) is 35.7 Å². The summed E-state index contributed by atoms with van der Waals surface area (Å²) in [6.45, 7) is 1.56. The first-order chi connectivity index (χ1) is 9.31. The monoisotopic (exact) mass is 257 g/mol. The fraction of sp³-hybridized carbons (Fsp3) is 0.375. The predicted molar refractivity (Wildman–Crippen MR) is 77.4 cm³/mol. The first-order valence-corrected chi connectivity index (χ1v) is 6.77. The SMILES string of the molecule is OCC1(Nc2ccc3ccccc3c2)CCOCC1. The quantitative estimate of drug-likeness (QED) is 0.888. The lowest BCUT2D eigenvalue weighted by atomic mass is 9.90. The lowest BCUT2D eigenvalue weighted by molar-refractivity contribution is 0.0380. The molecule has 0 aromatic heterocycles. The largest absolute Gasteiger partial charge is 0.394 e. The average molecular weight is 257 g/mol. The molecule has 1 saturated heterocycles. The number of anilines is 1. The number of nitrogens with one attached hydrogen (secondary N) is 1. The van der Waals surface area contributed by atoms with Crippen LogP contribution in [-0.4, -0.2) is 30.5 Å². The van der Waals surface area contributed by atoms with Crippen LogP contribution in [0, 0.1) is 0 Å². The van der Waals surface area contributed by atoms with Crippen LogP contribution in [-0.2, 0) is 4.74 Å². The maximum atomic E-state index is 9.70. The number of benzene rings is 2. The molecule has 1 fully saturated rings. The van der Waals surface area contributed by atoms with Crippen LogP contribution in [0.25, 0.3) is 10.8 Å². The zero-order valence-electron chi connectivity index (χ0n) is 10.9. The van der Waals surface area contributed by atoms with Gasteiger partial charge in [0.2, 0.25) is 0 Å². The summed E-state index contributed by atoms with van der Waals surface area (Å²) in [4.78, 5) is 0. The minimum atomic E-state index is -0.235. The Morgan fingerprint density at radius 2 is 1.79 bits per heavy atom. The summed E-state index contributed by atoms with van der Waals surface area (Å²) >= 11 is 0. The van der Waals surface area contributed by atoms with Crippen molar-refractivity contribution in [3.63, 3.8) is 0 Å². The molecule has 0 spiro atoms. The molecule has 3 nitrogen and oxygen atoms in total. The van der Waals surface area contributed by atoms with Crippen molar-refractivity contribution in [1.82, 2.24) is 0 Å². The summed E-state index contributed by atoms with van der Waals surface area (Å²) in [5.74, 6) is 0. The van der Waals surface area contributed by atoms with Gasteiger partial charge >= 0.3 is 0 Å². The third kappa shape index (κ3) is 2.57. The molecule has 3 rings (SSSR count). The zero-order valence-corrected chi connectivity index (χ0v) is 10.9. The highest BCUT2D eigenvalue weighted by molar-refractivity contribution is 5.85. The number of rotatable bonds is 3.